The summed E-state index contributed by atoms with van der Waals surface area (Å²) < 4.78 is 6.60. The maximum atomic E-state index is 4.39. The summed E-state index contributed by atoms with van der Waals surface area (Å²) in [4.78, 5) is 1.31. The molecule has 1 fully saturated rings. The van der Waals surface area contributed by atoms with E-state index in [9.17, 15) is 0 Å². The molecule has 0 aliphatic carbocycles. The Bertz CT molecular complexity index is 691. The number of nitrogens with zero attached hydrogens (tertiary/aromatic N) is 3. The lowest BCUT2D eigenvalue weighted by Crippen LogP contribution is -2.31. The first-order chi connectivity index (χ1) is 12.7. The fraction of sp³-hybridized carbons (Fsp3) is 0.500. The molecule has 1 atom stereocenters. The molecule has 2 N–H and O–H groups in total. The Morgan fingerprint density at radius 1 is 1.23 bits per heavy atom. The average molecular weight is 503 g/mol. The van der Waals surface area contributed by atoms with Crippen LogP contribution in [0.15, 0.2) is 44.3 Å². The highest BCUT2D eigenvalue weighted by molar-refractivity contribution is 9.10. The molecule has 1 aromatic heterocycles. The number of hydrogen-bond acceptors (Lipinski definition) is 5. The van der Waals surface area contributed by atoms with Gasteiger partial charge in [0.1, 0.15) is 5.82 Å². The smallest absolute Gasteiger partial charge is 0.139 e. The molecule has 0 bridgehead atoms. The van der Waals surface area contributed by atoms with E-state index in [0.29, 0.717) is 5.92 Å². The minimum atomic E-state index is 0.664. The second-order valence-corrected chi connectivity index (χ2v) is 9.44. The van der Waals surface area contributed by atoms with Crippen molar-refractivity contribution in [2.24, 2.45) is 5.92 Å². The summed E-state index contributed by atoms with van der Waals surface area (Å²) in [6, 6.07) is 8.59. The van der Waals surface area contributed by atoms with Crippen LogP contribution in [0.5, 0.6) is 0 Å². The van der Waals surface area contributed by atoms with Gasteiger partial charge in [-0.25, -0.2) is 8.99 Å². The van der Waals surface area contributed by atoms with Crippen LogP contribution < -0.4 is 10.6 Å². The van der Waals surface area contributed by atoms with Gasteiger partial charge in [0.2, 0.25) is 0 Å². The first-order valence-corrected chi connectivity index (χ1v) is 11.3. The third kappa shape index (κ3) is 5.73. The fourth-order valence-electron chi connectivity index (χ4n) is 3.19. The molecule has 1 saturated heterocycles. The lowest BCUT2D eigenvalue weighted by molar-refractivity contribution is 0.362. The van der Waals surface area contributed by atoms with E-state index in [0.717, 1.165) is 41.1 Å². The minimum absolute atomic E-state index is 0.664. The summed E-state index contributed by atoms with van der Waals surface area (Å²) >= 11 is 8.90. The fourth-order valence-corrected chi connectivity index (χ4v) is 5.01. The van der Waals surface area contributed by atoms with Gasteiger partial charge in [-0.05, 0) is 70.9 Å². The molecule has 0 spiro atoms. The van der Waals surface area contributed by atoms with Gasteiger partial charge in [-0.15, -0.1) is 0 Å². The Kier molecular flexibility index (Phi) is 7.87. The molecule has 2 aromatic rings. The van der Waals surface area contributed by atoms with Gasteiger partial charge in [-0.1, -0.05) is 22.4 Å². The Morgan fingerprint density at radius 3 is 2.81 bits per heavy atom. The molecule has 1 unspecified atom stereocenters. The number of nitrogens with one attached hydrogen (secondary N) is 2. The van der Waals surface area contributed by atoms with Gasteiger partial charge in [-0.3, -0.25) is 5.32 Å². The normalized spacial score (nSPS) is 18.7. The quantitative estimate of drug-likeness (QED) is 0.532. The molecule has 5 nitrogen and oxygen atoms in total. The molecule has 1 aliphatic rings. The number of hydrogen-bond donors (Lipinski definition) is 2. The third-order valence-electron chi connectivity index (χ3n) is 4.51. The number of aromatic nitrogens is 2. The van der Waals surface area contributed by atoms with Gasteiger partial charge >= 0.3 is 0 Å². The van der Waals surface area contributed by atoms with E-state index in [-0.39, 0.29) is 0 Å². The molecule has 1 aliphatic heterocycles. The van der Waals surface area contributed by atoms with Crippen molar-refractivity contribution >= 4 is 49.6 Å². The predicted octanol–water partition coefficient (Wildman–Crippen LogP) is 4.81. The van der Waals surface area contributed by atoms with E-state index in [2.05, 4.69) is 76.2 Å². The summed E-state index contributed by atoms with van der Waals surface area (Å²) in [7, 11) is 1.92. The lowest BCUT2D eigenvalue weighted by atomic mass is 10.0. The van der Waals surface area contributed by atoms with Crippen molar-refractivity contribution in [2.45, 2.75) is 30.8 Å². The molecule has 26 heavy (non-hydrogen) atoms. The molecule has 8 heteroatoms. The van der Waals surface area contributed by atoms with Crippen LogP contribution in [-0.2, 0) is 6.67 Å². The van der Waals surface area contributed by atoms with Crippen molar-refractivity contribution in [3.8, 4) is 0 Å². The monoisotopic (exact) mass is 501 g/mol. The molecule has 0 amide bonds. The highest BCUT2D eigenvalue weighted by Gasteiger charge is 2.19. The van der Waals surface area contributed by atoms with Crippen LogP contribution in [0.1, 0.15) is 19.3 Å². The van der Waals surface area contributed by atoms with Crippen LogP contribution in [0.25, 0.3) is 0 Å². The van der Waals surface area contributed by atoms with E-state index in [1.165, 1.54) is 24.2 Å². The second kappa shape index (κ2) is 10.1. The van der Waals surface area contributed by atoms with Crippen molar-refractivity contribution in [1.82, 2.24) is 19.4 Å². The van der Waals surface area contributed by atoms with E-state index in [1.54, 1.807) is 0 Å². The van der Waals surface area contributed by atoms with Gasteiger partial charge < -0.3 is 5.32 Å². The molecular formula is C18H25Br2N5S. The van der Waals surface area contributed by atoms with Crippen molar-refractivity contribution in [3.05, 3.63) is 39.4 Å². The molecule has 142 valence electrons. The highest BCUT2D eigenvalue weighted by atomic mass is 79.9. The number of halogens is 2. The second-order valence-electron chi connectivity index (χ2n) is 6.50. The Labute approximate surface area is 176 Å². The molecule has 3 rings (SSSR count). The van der Waals surface area contributed by atoms with Crippen molar-refractivity contribution in [3.63, 3.8) is 0 Å². The van der Waals surface area contributed by atoms with Crippen LogP contribution in [0.3, 0.4) is 0 Å². The van der Waals surface area contributed by atoms with E-state index < -0.39 is 0 Å². The number of rotatable bonds is 7. The first kappa shape index (κ1) is 20.2. The van der Waals surface area contributed by atoms with E-state index >= 15 is 0 Å². The van der Waals surface area contributed by atoms with Crippen LogP contribution >= 0.6 is 43.8 Å². The van der Waals surface area contributed by atoms with E-state index in [4.69, 9.17) is 0 Å². The van der Waals surface area contributed by atoms with Gasteiger partial charge in [-0.2, -0.15) is 5.10 Å². The Morgan fingerprint density at radius 2 is 2.04 bits per heavy atom. The zero-order valence-corrected chi connectivity index (χ0v) is 18.9. The van der Waals surface area contributed by atoms with Gasteiger partial charge in [0.15, 0.2) is 0 Å². The molecule has 1 aromatic carbocycles. The molecule has 0 radical (unpaired) electrons. The van der Waals surface area contributed by atoms with Crippen LogP contribution in [0.4, 0.5) is 5.82 Å². The molecule has 2 heterocycles. The van der Waals surface area contributed by atoms with Crippen LogP contribution in [0, 0.1) is 5.92 Å². The summed E-state index contributed by atoms with van der Waals surface area (Å²) in [5.74, 6) is 1.67. The maximum Gasteiger partial charge on any atom is 0.139 e. The van der Waals surface area contributed by atoms with Crippen molar-refractivity contribution in [1.29, 1.82) is 0 Å². The van der Waals surface area contributed by atoms with Gasteiger partial charge in [0, 0.05) is 36.1 Å². The average Bonchev–Trinajstić information content (AvgIpc) is 2.84. The molecular weight excluding hydrogens is 478 g/mol. The summed E-state index contributed by atoms with van der Waals surface area (Å²) in [6.07, 6.45) is 5.69. The van der Waals surface area contributed by atoms with Gasteiger partial charge in [0.05, 0.1) is 17.3 Å². The maximum absolute atomic E-state index is 4.39. The third-order valence-corrected chi connectivity index (χ3v) is 6.69. The SMILES string of the molecule is CNc1c(Br)cnn1CNCC1CCCCN(Sc2ccc(Br)cc2)C1. The highest BCUT2D eigenvalue weighted by Crippen LogP contribution is 2.28. The summed E-state index contributed by atoms with van der Waals surface area (Å²) in [6.45, 7) is 4.01. The standard InChI is InChI=1S/C18H25Br2N5S/c1-21-18-17(20)11-23-25(18)13-22-10-14-4-2-3-9-24(12-14)26-16-7-5-15(19)6-8-16/h5-8,11,14,21-22H,2-4,9-10,12-13H2,1H3. The van der Waals surface area contributed by atoms with E-state index in [1.807, 2.05) is 29.9 Å². The Balaban J connectivity index is 1.50. The van der Waals surface area contributed by atoms with Crippen LogP contribution in [-0.4, -0.2) is 40.8 Å². The first-order valence-electron chi connectivity index (χ1n) is 8.94. The zero-order valence-electron chi connectivity index (χ0n) is 14.9. The van der Waals surface area contributed by atoms with Crippen LogP contribution in [0.2, 0.25) is 0 Å². The number of benzene rings is 1. The zero-order chi connectivity index (χ0) is 18.4. The Hall–Kier alpha value is -0.540. The summed E-state index contributed by atoms with van der Waals surface area (Å²) in [5, 5.41) is 11.1. The largest absolute Gasteiger partial charge is 0.372 e. The lowest BCUT2D eigenvalue weighted by Gasteiger charge is -2.23. The van der Waals surface area contributed by atoms with Crippen molar-refractivity contribution < 1.29 is 0 Å². The topological polar surface area (TPSA) is 45.1 Å². The predicted molar refractivity (Wildman–Crippen MR) is 116 cm³/mol. The minimum Gasteiger partial charge on any atom is -0.372 e. The van der Waals surface area contributed by atoms with Crippen molar-refractivity contribution in [2.75, 3.05) is 32.0 Å². The number of anilines is 1. The molecule has 0 saturated carbocycles. The summed E-state index contributed by atoms with van der Waals surface area (Å²) in [5.41, 5.74) is 0. The van der Waals surface area contributed by atoms with Gasteiger partial charge in [0.25, 0.3) is 0 Å².